The number of carbonyl (C=O) groups excluding carboxylic acids is 1. The van der Waals surface area contributed by atoms with Gasteiger partial charge in [-0.1, -0.05) is 43.7 Å². The van der Waals surface area contributed by atoms with Gasteiger partial charge in [-0.2, -0.15) is 4.72 Å². The fourth-order valence-corrected chi connectivity index (χ4v) is 3.88. The molecule has 1 atom stereocenters. The average molecular weight is 405 g/mol. The van der Waals surface area contributed by atoms with Gasteiger partial charge in [0.15, 0.2) is 0 Å². The topological polar surface area (TPSA) is 84.5 Å². The van der Waals surface area contributed by atoms with Crippen molar-refractivity contribution >= 4 is 15.9 Å². The van der Waals surface area contributed by atoms with Crippen molar-refractivity contribution in [3.05, 3.63) is 60.2 Å². The number of hydrogen-bond acceptors (Lipinski definition) is 4. The summed E-state index contributed by atoms with van der Waals surface area (Å²) < 4.78 is 33.5. The zero-order chi connectivity index (χ0) is 20.4. The standard InChI is InChI=1S/C21H28N2O4S/c1-3-5-15-22-21(24)20(16-17-9-7-6-8-10-17)23-28(25,26)19-13-11-18(12-14-19)27-4-2/h6-14,20,23H,3-5,15-16H2,1-2H3,(H,22,24)/t20-/m1/s1. The highest BCUT2D eigenvalue weighted by atomic mass is 32.2. The van der Waals surface area contributed by atoms with Gasteiger partial charge in [0.25, 0.3) is 0 Å². The summed E-state index contributed by atoms with van der Waals surface area (Å²) in [4.78, 5) is 12.7. The van der Waals surface area contributed by atoms with Crippen LogP contribution < -0.4 is 14.8 Å². The monoisotopic (exact) mass is 404 g/mol. The lowest BCUT2D eigenvalue weighted by atomic mass is 10.1. The Morgan fingerprint density at radius 1 is 1.04 bits per heavy atom. The average Bonchev–Trinajstić information content (AvgIpc) is 2.69. The van der Waals surface area contributed by atoms with E-state index in [4.69, 9.17) is 4.74 Å². The SMILES string of the molecule is CCCCNC(=O)[C@@H](Cc1ccccc1)NS(=O)(=O)c1ccc(OCC)cc1. The lowest BCUT2D eigenvalue weighted by Crippen LogP contribution is -2.48. The summed E-state index contributed by atoms with van der Waals surface area (Å²) in [6.45, 7) is 4.91. The summed E-state index contributed by atoms with van der Waals surface area (Å²) in [5, 5.41) is 2.82. The number of nitrogens with one attached hydrogen (secondary N) is 2. The van der Waals surface area contributed by atoms with Crippen molar-refractivity contribution in [1.82, 2.24) is 10.0 Å². The number of rotatable bonds is 11. The zero-order valence-corrected chi connectivity index (χ0v) is 17.2. The Balaban J connectivity index is 2.17. The van der Waals surface area contributed by atoms with Crippen molar-refractivity contribution in [2.45, 2.75) is 44.0 Å². The number of carbonyl (C=O) groups is 1. The van der Waals surface area contributed by atoms with E-state index in [9.17, 15) is 13.2 Å². The maximum atomic E-state index is 12.8. The number of ether oxygens (including phenoxy) is 1. The van der Waals surface area contributed by atoms with Gasteiger partial charge in [-0.25, -0.2) is 8.42 Å². The van der Waals surface area contributed by atoms with Gasteiger partial charge in [-0.05, 0) is 49.6 Å². The largest absolute Gasteiger partial charge is 0.494 e. The molecule has 0 saturated heterocycles. The summed E-state index contributed by atoms with van der Waals surface area (Å²) >= 11 is 0. The molecule has 0 unspecified atom stereocenters. The number of benzene rings is 2. The van der Waals surface area contributed by atoms with Crippen LogP contribution in [0.4, 0.5) is 0 Å². The van der Waals surface area contributed by atoms with E-state index in [1.54, 1.807) is 12.1 Å². The molecule has 0 spiro atoms. The van der Waals surface area contributed by atoms with Crippen molar-refractivity contribution in [2.24, 2.45) is 0 Å². The molecule has 2 N–H and O–H groups in total. The van der Waals surface area contributed by atoms with Gasteiger partial charge in [0.05, 0.1) is 11.5 Å². The molecule has 2 rings (SSSR count). The maximum Gasteiger partial charge on any atom is 0.241 e. The number of sulfonamides is 1. The highest BCUT2D eigenvalue weighted by Crippen LogP contribution is 2.17. The summed E-state index contributed by atoms with van der Waals surface area (Å²) in [6, 6.07) is 14.6. The fraction of sp³-hybridized carbons (Fsp3) is 0.381. The third-order valence-corrected chi connectivity index (χ3v) is 5.66. The van der Waals surface area contributed by atoms with Gasteiger partial charge in [0.2, 0.25) is 15.9 Å². The van der Waals surface area contributed by atoms with Crippen LogP contribution in [0, 0.1) is 0 Å². The lowest BCUT2D eigenvalue weighted by Gasteiger charge is -2.19. The molecular weight excluding hydrogens is 376 g/mol. The van der Waals surface area contributed by atoms with Crippen LogP contribution in [0.1, 0.15) is 32.3 Å². The summed E-state index contributed by atoms with van der Waals surface area (Å²) in [5.41, 5.74) is 0.882. The van der Waals surface area contributed by atoms with E-state index < -0.39 is 16.1 Å². The second-order valence-electron chi connectivity index (χ2n) is 6.41. The van der Waals surface area contributed by atoms with Crippen LogP contribution in [-0.4, -0.2) is 33.5 Å². The molecule has 0 saturated carbocycles. The van der Waals surface area contributed by atoms with Gasteiger partial charge in [0.1, 0.15) is 11.8 Å². The van der Waals surface area contributed by atoms with Crippen molar-refractivity contribution in [3.63, 3.8) is 0 Å². The molecule has 0 aliphatic rings. The highest BCUT2D eigenvalue weighted by Gasteiger charge is 2.26. The molecule has 28 heavy (non-hydrogen) atoms. The van der Waals surface area contributed by atoms with E-state index in [0.29, 0.717) is 18.9 Å². The van der Waals surface area contributed by atoms with Crippen molar-refractivity contribution in [3.8, 4) is 5.75 Å². The molecule has 1 amide bonds. The van der Waals surface area contributed by atoms with Crippen molar-refractivity contribution in [2.75, 3.05) is 13.2 Å². The number of unbranched alkanes of at least 4 members (excludes halogenated alkanes) is 1. The molecule has 0 aliphatic carbocycles. The quantitative estimate of drug-likeness (QED) is 0.564. The Bertz CT molecular complexity index is 836. The molecule has 0 aromatic heterocycles. The molecule has 152 valence electrons. The molecule has 0 aliphatic heterocycles. The van der Waals surface area contributed by atoms with Crippen LogP contribution in [0.15, 0.2) is 59.5 Å². The second kappa shape index (κ2) is 10.8. The molecular formula is C21H28N2O4S. The van der Waals surface area contributed by atoms with Crippen LogP contribution >= 0.6 is 0 Å². The lowest BCUT2D eigenvalue weighted by molar-refractivity contribution is -0.122. The molecule has 0 bridgehead atoms. The first-order chi connectivity index (χ1) is 13.5. The molecule has 0 fully saturated rings. The van der Waals surface area contributed by atoms with Crippen molar-refractivity contribution in [1.29, 1.82) is 0 Å². The van der Waals surface area contributed by atoms with Crippen LogP contribution in [0.2, 0.25) is 0 Å². The van der Waals surface area contributed by atoms with E-state index in [1.807, 2.05) is 44.2 Å². The summed E-state index contributed by atoms with van der Waals surface area (Å²) in [7, 11) is -3.85. The third-order valence-electron chi connectivity index (χ3n) is 4.17. The Kier molecular flexibility index (Phi) is 8.47. The fourth-order valence-electron chi connectivity index (χ4n) is 2.69. The van der Waals surface area contributed by atoms with Gasteiger partial charge < -0.3 is 10.1 Å². The summed E-state index contributed by atoms with van der Waals surface area (Å²) in [5.74, 6) is 0.270. The minimum Gasteiger partial charge on any atom is -0.494 e. The first kappa shape index (κ1) is 21.9. The van der Waals surface area contributed by atoms with E-state index in [1.165, 1.54) is 12.1 Å². The third kappa shape index (κ3) is 6.65. The van der Waals surface area contributed by atoms with Gasteiger partial charge in [-0.15, -0.1) is 0 Å². The Morgan fingerprint density at radius 2 is 1.71 bits per heavy atom. The predicted octanol–water partition coefficient (Wildman–Crippen LogP) is 2.89. The van der Waals surface area contributed by atoms with Gasteiger partial charge in [0, 0.05) is 6.54 Å². The number of amides is 1. The number of hydrogen-bond donors (Lipinski definition) is 2. The van der Waals surface area contributed by atoms with Crippen LogP contribution in [0.3, 0.4) is 0 Å². The minimum atomic E-state index is -3.85. The van der Waals surface area contributed by atoms with E-state index in [-0.39, 0.29) is 17.2 Å². The Morgan fingerprint density at radius 3 is 2.32 bits per heavy atom. The minimum absolute atomic E-state index is 0.0929. The smallest absolute Gasteiger partial charge is 0.241 e. The second-order valence-corrected chi connectivity index (χ2v) is 8.13. The molecule has 0 radical (unpaired) electrons. The predicted molar refractivity (Wildman–Crippen MR) is 110 cm³/mol. The normalized spacial score (nSPS) is 12.4. The van der Waals surface area contributed by atoms with Gasteiger partial charge >= 0.3 is 0 Å². The molecule has 0 heterocycles. The van der Waals surface area contributed by atoms with Crippen LogP contribution in [0.5, 0.6) is 5.75 Å². The van der Waals surface area contributed by atoms with Crippen LogP contribution in [0.25, 0.3) is 0 Å². The first-order valence-corrected chi connectivity index (χ1v) is 11.0. The molecule has 2 aromatic carbocycles. The van der Waals surface area contributed by atoms with Gasteiger partial charge in [-0.3, -0.25) is 4.79 Å². The molecule has 2 aromatic rings. The summed E-state index contributed by atoms with van der Waals surface area (Å²) in [6.07, 6.45) is 2.06. The molecule has 7 heteroatoms. The van der Waals surface area contributed by atoms with E-state index >= 15 is 0 Å². The highest BCUT2D eigenvalue weighted by molar-refractivity contribution is 7.89. The van der Waals surface area contributed by atoms with E-state index in [2.05, 4.69) is 10.0 Å². The van der Waals surface area contributed by atoms with E-state index in [0.717, 1.165) is 18.4 Å². The Labute approximate surface area is 167 Å². The van der Waals surface area contributed by atoms with Crippen LogP contribution in [-0.2, 0) is 21.2 Å². The molecule has 6 nitrogen and oxygen atoms in total. The Hall–Kier alpha value is -2.38. The first-order valence-electron chi connectivity index (χ1n) is 9.53. The zero-order valence-electron chi connectivity index (χ0n) is 16.4. The van der Waals surface area contributed by atoms with Crippen molar-refractivity contribution < 1.29 is 17.9 Å². The maximum absolute atomic E-state index is 12.8.